The predicted molar refractivity (Wildman–Crippen MR) is 113 cm³/mol. The molecule has 7 heteroatoms. The lowest BCUT2D eigenvalue weighted by Crippen LogP contribution is -2.41. The number of amides is 2. The second-order valence-corrected chi connectivity index (χ2v) is 7.51. The van der Waals surface area contributed by atoms with Crippen molar-refractivity contribution < 1.29 is 19.1 Å². The number of benzene rings is 2. The van der Waals surface area contributed by atoms with E-state index in [9.17, 15) is 9.59 Å². The molecule has 6 nitrogen and oxygen atoms in total. The van der Waals surface area contributed by atoms with Crippen molar-refractivity contribution in [2.45, 2.75) is 6.42 Å². The van der Waals surface area contributed by atoms with Gasteiger partial charge in [-0.1, -0.05) is 24.3 Å². The Labute approximate surface area is 172 Å². The first-order valence-corrected chi connectivity index (χ1v) is 10.1. The third-order valence-corrected chi connectivity index (χ3v) is 5.30. The lowest BCUT2D eigenvalue weighted by Gasteiger charge is -2.29. The molecule has 0 unspecified atom stereocenters. The van der Waals surface area contributed by atoms with Gasteiger partial charge in [-0.05, 0) is 41.8 Å². The Morgan fingerprint density at radius 1 is 1.14 bits per heavy atom. The Balaban J connectivity index is 1.44. The maximum Gasteiger partial charge on any atom is 0.265 e. The van der Waals surface area contributed by atoms with Crippen molar-refractivity contribution in [2.75, 3.05) is 30.0 Å². The summed E-state index contributed by atoms with van der Waals surface area (Å²) in [6, 6.07) is 18.6. The Hall–Kier alpha value is -3.32. The molecule has 0 saturated carbocycles. The molecule has 0 aliphatic carbocycles. The van der Waals surface area contributed by atoms with Gasteiger partial charge in [0.2, 0.25) is 5.91 Å². The van der Waals surface area contributed by atoms with Gasteiger partial charge in [-0.15, -0.1) is 11.3 Å². The summed E-state index contributed by atoms with van der Waals surface area (Å²) >= 11 is 1.54. The molecule has 0 bridgehead atoms. The van der Waals surface area contributed by atoms with Crippen molar-refractivity contribution >= 4 is 34.5 Å². The Morgan fingerprint density at radius 3 is 2.79 bits per heavy atom. The average molecular weight is 408 g/mol. The van der Waals surface area contributed by atoms with Crippen LogP contribution >= 0.6 is 11.3 Å². The number of rotatable bonds is 7. The number of fused-ring (bicyclic) bond motifs is 1. The van der Waals surface area contributed by atoms with Gasteiger partial charge in [0, 0.05) is 10.6 Å². The fourth-order valence-electron chi connectivity index (χ4n) is 3.07. The van der Waals surface area contributed by atoms with Crippen LogP contribution in [-0.4, -0.2) is 31.6 Å². The first-order chi connectivity index (χ1) is 14.2. The van der Waals surface area contributed by atoms with Crippen LogP contribution in [0.2, 0.25) is 0 Å². The molecule has 29 heavy (non-hydrogen) atoms. The van der Waals surface area contributed by atoms with E-state index in [1.807, 2.05) is 47.8 Å². The predicted octanol–water partition coefficient (Wildman–Crippen LogP) is 3.73. The fraction of sp³-hybridized carbons (Fsp3) is 0.182. The molecule has 0 radical (unpaired) electrons. The van der Waals surface area contributed by atoms with Gasteiger partial charge in [0.25, 0.3) is 5.91 Å². The number of anilines is 2. The molecule has 0 spiro atoms. The van der Waals surface area contributed by atoms with Gasteiger partial charge in [-0.2, -0.15) is 0 Å². The van der Waals surface area contributed by atoms with E-state index in [1.165, 1.54) is 0 Å². The highest BCUT2D eigenvalue weighted by Crippen LogP contribution is 2.34. The number of para-hydroxylation sites is 1. The number of carbonyl (C=O) groups is 2. The first kappa shape index (κ1) is 19.0. The van der Waals surface area contributed by atoms with E-state index in [0.717, 1.165) is 10.6 Å². The molecule has 1 N–H and O–H groups in total. The zero-order valence-electron chi connectivity index (χ0n) is 15.7. The van der Waals surface area contributed by atoms with Gasteiger partial charge in [0.05, 0.1) is 18.7 Å². The van der Waals surface area contributed by atoms with Crippen LogP contribution in [0.25, 0.3) is 0 Å². The number of nitrogens with zero attached hydrogens (tertiary/aromatic N) is 1. The van der Waals surface area contributed by atoms with E-state index in [-0.39, 0.29) is 18.4 Å². The zero-order valence-corrected chi connectivity index (χ0v) is 16.5. The monoisotopic (exact) mass is 408 g/mol. The highest BCUT2D eigenvalue weighted by atomic mass is 32.1. The molecular formula is C22H20N2O4S. The van der Waals surface area contributed by atoms with E-state index in [2.05, 4.69) is 5.32 Å². The standard InChI is InChI=1S/C22H20N2O4S/c25-21(14-18-7-4-12-29-18)23-16-8-9-20-19(13-16)24(22(26)15-28-20)10-11-27-17-5-2-1-3-6-17/h1-9,12-13H,10-11,14-15H2,(H,23,25). The van der Waals surface area contributed by atoms with Gasteiger partial charge in [0.1, 0.15) is 18.1 Å². The second-order valence-electron chi connectivity index (χ2n) is 6.48. The Morgan fingerprint density at radius 2 is 2.00 bits per heavy atom. The van der Waals surface area contributed by atoms with Gasteiger partial charge in [0.15, 0.2) is 6.61 Å². The minimum Gasteiger partial charge on any atom is -0.492 e. The van der Waals surface area contributed by atoms with E-state index >= 15 is 0 Å². The summed E-state index contributed by atoms with van der Waals surface area (Å²) in [6.45, 7) is 0.725. The van der Waals surface area contributed by atoms with E-state index < -0.39 is 0 Å². The molecule has 4 rings (SSSR count). The van der Waals surface area contributed by atoms with Crippen molar-refractivity contribution in [3.05, 3.63) is 70.9 Å². The molecule has 2 amide bonds. The smallest absolute Gasteiger partial charge is 0.265 e. The molecule has 148 valence electrons. The lowest BCUT2D eigenvalue weighted by molar-refractivity contribution is -0.121. The number of carbonyl (C=O) groups excluding carboxylic acids is 2. The molecule has 1 aliphatic rings. The van der Waals surface area contributed by atoms with E-state index in [1.54, 1.807) is 34.4 Å². The molecular weight excluding hydrogens is 388 g/mol. The molecule has 2 aromatic carbocycles. The summed E-state index contributed by atoms with van der Waals surface area (Å²) in [5, 5.41) is 4.83. The van der Waals surface area contributed by atoms with Crippen molar-refractivity contribution in [2.24, 2.45) is 0 Å². The lowest BCUT2D eigenvalue weighted by atomic mass is 10.2. The maximum absolute atomic E-state index is 12.4. The summed E-state index contributed by atoms with van der Waals surface area (Å²) in [7, 11) is 0. The van der Waals surface area contributed by atoms with Crippen LogP contribution in [0.3, 0.4) is 0 Å². The van der Waals surface area contributed by atoms with Crippen LogP contribution in [-0.2, 0) is 16.0 Å². The largest absolute Gasteiger partial charge is 0.492 e. The SMILES string of the molecule is O=C(Cc1cccs1)Nc1ccc2c(c1)N(CCOc1ccccc1)C(=O)CO2. The first-order valence-electron chi connectivity index (χ1n) is 9.26. The summed E-state index contributed by atoms with van der Waals surface area (Å²) in [4.78, 5) is 27.3. The molecule has 0 saturated heterocycles. The zero-order chi connectivity index (χ0) is 20.1. The summed E-state index contributed by atoms with van der Waals surface area (Å²) < 4.78 is 11.3. The maximum atomic E-state index is 12.4. The van der Waals surface area contributed by atoms with Crippen molar-refractivity contribution in [1.82, 2.24) is 0 Å². The fourth-order valence-corrected chi connectivity index (χ4v) is 3.78. The van der Waals surface area contributed by atoms with Gasteiger partial charge >= 0.3 is 0 Å². The molecule has 1 aromatic heterocycles. The van der Waals surface area contributed by atoms with Gasteiger partial charge in [-0.3, -0.25) is 9.59 Å². The van der Waals surface area contributed by atoms with Crippen LogP contribution in [0.5, 0.6) is 11.5 Å². The van der Waals surface area contributed by atoms with Crippen molar-refractivity contribution in [3.8, 4) is 11.5 Å². The highest BCUT2D eigenvalue weighted by Gasteiger charge is 2.26. The number of hydrogen-bond acceptors (Lipinski definition) is 5. The van der Waals surface area contributed by atoms with Crippen LogP contribution < -0.4 is 19.7 Å². The van der Waals surface area contributed by atoms with Crippen molar-refractivity contribution in [3.63, 3.8) is 0 Å². The molecule has 0 atom stereocenters. The molecule has 1 aliphatic heterocycles. The number of ether oxygens (including phenoxy) is 2. The summed E-state index contributed by atoms with van der Waals surface area (Å²) in [6.07, 6.45) is 0.318. The molecule has 2 heterocycles. The summed E-state index contributed by atoms with van der Waals surface area (Å²) in [5.74, 6) is 1.12. The number of hydrogen-bond donors (Lipinski definition) is 1. The Bertz CT molecular complexity index is 989. The van der Waals surface area contributed by atoms with E-state index in [4.69, 9.17) is 9.47 Å². The van der Waals surface area contributed by atoms with Crippen LogP contribution in [0.4, 0.5) is 11.4 Å². The third-order valence-electron chi connectivity index (χ3n) is 4.43. The minimum atomic E-state index is -0.142. The van der Waals surface area contributed by atoms with Crippen LogP contribution in [0, 0.1) is 0 Å². The van der Waals surface area contributed by atoms with Crippen molar-refractivity contribution in [1.29, 1.82) is 0 Å². The second kappa shape index (κ2) is 8.79. The normalized spacial score (nSPS) is 12.8. The Kier molecular flexibility index (Phi) is 5.76. The highest BCUT2D eigenvalue weighted by molar-refractivity contribution is 7.10. The molecule has 3 aromatic rings. The number of nitrogens with one attached hydrogen (secondary N) is 1. The van der Waals surface area contributed by atoms with Crippen LogP contribution in [0.15, 0.2) is 66.0 Å². The number of thiophene rings is 1. The topological polar surface area (TPSA) is 67.9 Å². The quantitative estimate of drug-likeness (QED) is 0.647. The van der Waals surface area contributed by atoms with Gasteiger partial charge in [-0.25, -0.2) is 0 Å². The van der Waals surface area contributed by atoms with Crippen LogP contribution in [0.1, 0.15) is 4.88 Å². The minimum absolute atomic E-state index is 0.0115. The third kappa shape index (κ3) is 4.75. The summed E-state index contributed by atoms with van der Waals surface area (Å²) in [5.41, 5.74) is 1.25. The molecule has 0 fully saturated rings. The van der Waals surface area contributed by atoms with E-state index in [0.29, 0.717) is 36.7 Å². The van der Waals surface area contributed by atoms with Gasteiger partial charge < -0.3 is 19.7 Å². The average Bonchev–Trinajstić information content (AvgIpc) is 3.23.